The van der Waals surface area contributed by atoms with Crippen molar-refractivity contribution >= 4 is 17.7 Å². The van der Waals surface area contributed by atoms with Crippen LogP contribution >= 0.6 is 11.8 Å². The number of alkyl halides is 3. The minimum Gasteiger partial charge on any atom is -0.497 e. The Kier molecular flexibility index (Phi) is 8.33. The van der Waals surface area contributed by atoms with E-state index in [0.717, 1.165) is 36.6 Å². The van der Waals surface area contributed by atoms with Crippen molar-refractivity contribution in [1.29, 1.82) is 0 Å². The number of hydrogen-bond donors (Lipinski definition) is 2. The molecule has 1 aliphatic heterocycles. The summed E-state index contributed by atoms with van der Waals surface area (Å²) in [5.74, 6) is -1.50. The van der Waals surface area contributed by atoms with Gasteiger partial charge in [0.25, 0.3) is 0 Å². The fraction of sp³-hybridized carbons (Fsp3) is 0.350. The lowest BCUT2D eigenvalue weighted by atomic mass is 9.90. The molecule has 9 heteroatoms. The molecule has 1 fully saturated rings. The Hall–Kier alpha value is -2.26. The molecule has 1 aliphatic rings. The molecule has 0 atom stereocenters. The molecule has 0 aromatic heterocycles. The molecule has 2 aromatic rings. The molecule has 3 rings (SSSR count). The van der Waals surface area contributed by atoms with Gasteiger partial charge in [-0.15, -0.1) is 0 Å². The first kappa shape index (κ1) is 23.0. The minimum atomic E-state index is -5.08. The lowest BCUT2D eigenvalue weighted by Gasteiger charge is -2.25. The molecule has 158 valence electrons. The third kappa shape index (κ3) is 7.25. The van der Waals surface area contributed by atoms with E-state index in [0.29, 0.717) is 5.92 Å². The van der Waals surface area contributed by atoms with Crippen LogP contribution in [-0.4, -0.2) is 37.5 Å². The second-order valence-electron chi connectivity index (χ2n) is 6.29. The highest BCUT2D eigenvalue weighted by atomic mass is 32.2. The van der Waals surface area contributed by atoms with Crippen LogP contribution < -0.4 is 10.1 Å². The molecule has 0 amide bonds. The van der Waals surface area contributed by atoms with Crippen LogP contribution in [0.1, 0.15) is 24.3 Å². The number of methoxy groups -OCH3 is 1. The summed E-state index contributed by atoms with van der Waals surface area (Å²) in [4.78, 5) is 11.2. The number of nitrogens with one attached hydrogen (secondary N) is 1. The highest BCUT2D eigenvalue weighted by Gasteiger charge is 2.38. The summed E-state index contributed by atoms with van der Waals surface area (Å²) in [6, 6.07) is 12.9. The number of hydrogen-bond acceptors (Lipinski definition) is 4. The van der Waals surface area contributed by atoms with E-state index in [1.165, 1.54) is 22.6 Å². The summed E-state index contributed by atoms with van der Waals surface area (Å²) < 4.78 is 50.2. The zero-order valence-electron chi connectivity index (χ0n) is 15.6. The minimum absolute atomic E-state index is 0.197. The van der Waals surface area contributed by atoms with E-state index in [-0.39, 0.29) is 5.82 Å². The second-order valence-corrected chi connectivity index (χ2v) is 7.40. The lowest BCUT2D eigenvalue weighted by Crippen LogP contribution is -2.26. The van der Waals surface area contributed by atoms with E-state index in [1.54, 1.807) is 18.9 Å². The first-order valence-corrected chi connectivity index (χ1v) is 9.64. The number of rotatable bonds is 4. The number of carboxylic acid groups (broad SMARTS) is 1. The van der Waals surface area contributed by atoms with Crippen LogP contribution in [0, 0.1) is 5.82 Å². The van der Waals surface area contributed by atoms with Gasteiger partial charge in [-0.05, 0) is 79.9 Å². The molecule has 29 heavy (non-hydrogen) atoms. The lowest BCUT2D eigenvalue weighted by molar-refractivity contribution is -0.192. The summed E-state index contributed by atoms with van der Waals surface area (Å²) in [6.45, 7) is 2.12. The Morgan fingerprint density at radius 2 is 1.72 bits per heavy atom. The molecule has 0 aliphatic carbocycles. The van der Waals surface area contributed by atoms with Crippen LogP contribution in [0.3, 0.4) is 0 Å². The van der Waals surface area contributed by atoms with Gasteiger partial charge in [0, 0.05) is 9.79 Å². The third-order valence-corrected chi connectivity index (χ3v) is 5.38. The van der Waals surface area contributed by atoms with Gasteiger partial charge in [-0.2, -0.15) is 13.2 Å². The van der Waals surface area contributed by atoms with E-state index < -0.39 is 12.1 Å². The number of ether oxygens (including phenoxy) is 1. The topological polar surface area (TPSA) is 58.6 Å². The molecule has 0 spiro atoms. The summed E-state index contributed by atoms with van der Waals surface area (Å²) >= 11 is 1.69. The smallest absolute Gasteiger partial charge is 0.490 e. The zero-order chi connectivity index (χ0) is 21.4. The molecule has 2 N–H and O–H groups in total. The van der Waals surface area contributed by atoms with Gasteiger partial charge in [0.2, 0.25) is 0 Å². The summed E-state index contributed by atoms with van der Waals surface area (Å²) in [5.41, 5.74) is 1.34. The van der Waals surface area contributed by atoms with Gasteiger partial charge in [0.15, 0.2) is 0 Å². The molecule has 4 nitrogen and oxygen atoms in total. The molecular formula is C20H21F4NO3S. The van der Waals surface area contributed by atoms with Crippen LogP contribution in [0.15, 0.2) is 52.3 Å². The van der Waals surface area contributed by atoms with Crippen molar-refractivity contribution in [1.82, 2.24) is 5.32 Å². The maximum atomic E-state index is 13.1. The highest BCUT2D eigenvalue weighted by Crippen LogP contribution is 2.39. The van der Waals surface area contributed by atoms with Gasteiger partial charge in [0.1, 0.15) is 11.6 Å². The maximum Gasteiger partial charge on any atom is 0.490 e. The van der Waals surface area contributed by atoms with Gasteiger partial charge in [0.05, 0.1) is 7.11 Å². The number of piperidine rings is 1. The SMILES string of the molecule is COc1ccc(Sc2ccc(F)cc2)c(C2CCNCC2)c1.O=C(O)C(F)(F)F. The molecular weight excluding hydrogens is 410 g/mol. The van der Waals surface area contributed by atoms with Crippen molar-refractivity contribution in [3.05, 3.63) is 53.8 Å². The monoisotopic (exact) mass is 431 g/mol. The van der Waals surface area contributed by atoms with E-state index in [2.05, 4.69) is 17.4 Å². The van der Waals surface area contributed by atoms with Gasteiger partial charge in [-0.1, -0.05) is 11.8 Å². The number of benzene rings is 2. The van der Waals surface area contributed by atoms with E-state index in [4.69, 9.17) is 14.6 Å². The fourth-order valence-electron chi connectivity index (χ4n) is 2.83. The summed E-state index contributed by atoms with van der Waals surface area (Å²) in [6.07, 6.45) is -2.80. The predicted molar refractivity (Wildman–Crippen MR) is 102 cm³/mol. The van der Waals surface area contributed by atoms with E-state index >= 15 is 0 Å². The molecule has 0 bridgehead atoms. The number of halogens is 4. The summed E-state index contributed by atoms with van der Waals surface area (Å²) in [7, 11) is 1.70. The largest absolute Gasteiger partial charge is 0.497 e. The highest BCUT2D eigenvalue weighted by molar-refractivity contribution is 7.99. The Balaban J connectivity index is 0.000000370. The van der Waals surface area contributed by atoms with E-state index in [9.17, 15) is 17.6 Å². The quantitative estimate of drug-likeness (QED) is 0.661. The van der Waals surface area contributed by atoms with Crippen molar-refractivity contribution in [3.8, 4) is 5.75 Å². The van der Waals surface area contributed by atoms with Gasteiger partial charge in [-0.3, -0.25) is 0 Å². The Bertz CT molecular complexity index is 806. The van der Waals surface area contributed by atoms with Crippen LogP contribution in [0.4, 0.5) is 17.6 Å². The maximum absolute atomic E-state index is 13.1. The summed E-state index contributed by atoms with van der Waals surface area (Å²) in [5, 5.41) is 10.5. The second kappa shape index (κ2) is 10.5. The Morgan fingerprint density at radius 3 is 2.24 bits per heavy atom. The van der Waals surface area contributed by atoms with Crippen molar-refractivity contribution in [2.75, 3.05) is 20.2 Å². The predicted octanol–water partition coefficient (Wildman–Crippen LogP) is 5.09. The van der Waals surface area contributed by atoms with Crippen molar-refractivity contribution in [2.45, 2.75) is 34.7 Å². The molecule has 1 saturated heterocycles. The standard InChI is InChI=1S/C18H20FNOS.C2HF3O2/c1-21-15-4-7-18(22-16-5-2-14(19)3-6-16)17(12-15)13-8-10-20-11-9-13;3-2(4,5)1(6)7/h2-7,12-13,20H,8-11H2,1H3;(H,6,7). The molecule has 1 heterocycles. The molecule has 0 unspecified atom stereocenters. The van der Waals surface area contributed by atoms with Gasteiger partial charge in [-0.25, -0.2) is 9.18 Å². The average Bonchev–Trinajstić information content (AvgIpc) is 2.70. The molecule has 2 aromatic carbocycles. The normalized spacial score (nSPS) is 14.7. The molecule has 0 radical (unpaired) electrons. The van der Waals surface area contributed by atoms with Gasteiger partial charge < -0.3 is 15.2 Å². The zero-order valence-corrected chi connectivity index (χ0v) is 16.4. The van der Waals surface area contributed by atoms with Gasteiger partial charge >= 0.3 is 12.1 Å². The number of aliphatic carboxylic acids is 1. The third-order valence-electron chi connectivity index (χ3n) is 4.28. The van der Waals surface area contributed by atoms with Crippen molar-refractivity contribution in [2.24, 2.45) is 0 Å². The average molecular weight is 431 g/mol. The fourth-order valence-corrected chi connectivity index (χ4v) is 3.83. The van der Waals surface area contributed by atoms with E-state index in [1.807, 2.05) is 18.2 Å². The first-order valence-electron chi connectivity index (χ1n) is 8.83. The number of carbonyl (C=O) groups is 1. The van der Waals surface area contributed by atoms with Crippen LogP contribution in [0.25, 0.3) is 0 Å². The van der Waals surface area contributed by atoms with Crippen molar-refractivity contribution in [3.63, 3.8) is 0 Å². The van der Waals surface area contributed by atoms with Crippen LogP contribution in [-0.2, 0) is 4.79 Å². The Labute approximate surface area is 170 Å². The Morgan fingerprint density at radius 1 is 1.14 bits per heavy atom. The van der Waals surface area contributed by atoms with Crippen molar-refractivity contribution < 1.29 is 32.2 Å². The number of carboxylic acids is 1. The van der Waals surface area contributed by atoms with Crippen LogP contribution in [0.5, 0.6) is 5.75 Å². The van der Waals surface area contributed by atoms with Crippen LogP contribution in [0.2, 0.25) is 0 Å². The molecule has 0 saturated carbocycles. The first-order chi connectivity index (χ1) is 13.7.